The third-order valence-electron chi connectivity index (χ3n) is 2.81. The van der Waals surface area contributed by atoms with Crippen LogP contribution in [-0.2, 0) is 34.1 Å². The van der Waals surface area contributed by atoms with Gasteiger partial charge >= 0.3 is 33.9 Å². The Hall–Kier alpha value is -0.651. The molecule has 0 N–H and O–H groups in total. The zero-order valence-electron chi connectivity index (χ0n) is 10.6. The summed E-state index contributed by atoms with van der Waals surface area (Å²) in [6.45, 7) is 24.5. The first-order chi connectivity index (χ1) is 7.55. The van der Waals surface area contributed by atoms with Gasteiger partial charge in [-0.1, -0.05) is 18.1 Å². The van der Waals surface area contributed by atoms with E-state index in [1.807, 2.05) is 0 Å². The van der Waals surface area contributed by atoms with Crippen LogP contribution in [0, 0.1) is 25.9 Å². The normalized spacial score (nSPS) is 12.9. The summed E-state index contributed by atoms with van der Waals surface area (Å²) >= 11 is 0. The van der Waals surface area contributed by atoms with Crippen molar-refractivity contribution in [2.75, 3.05) is 0 Å². The van der Waals surface area contributed by atoms with Gasteiger partial charge in [0.1, 0.15) is 0 Å². The van der Waals surface area contributed by atoms with Crippen molar-refractivity contribution in [3.8, 4) is 0 Å². The molecule has 4 heteroatoms. The van der Waals surface area contributed by atoms with Gasteiger partial charge < -0.3 is 0 Å². The zero-order valence-corrected chi connectivity index (χ0v) is 12.5. The van der Waals surface area contributed by atoms with E-state index >= 15 is 0 Å². The summed E-state index contributed by atoms with van der Waals surface area (Å²) in [5, 5.41) is 0. The Morgan fingerprint density at radius 3 is 0.765 bits per heavy atom. The fourth-order valence-corrected chi connectivity index (χ4v) is 1.41. The van der Waals surface area contributed by atoms with Gasteiger partial charge in [-0.15, -0.1) is 0 Å². The maximum Gasteiger partial charge on any atom is 0 e. The zero-order chi connectivity index (χ0) is 13.9. The molecule has 3 nitrogen and oxygen atoms in total. The minimum absolute atomic E-state index is 0. The van der Waals surface area contributed by atoms with Crippen molar-refractivity contribution in [1.29, 1.82) is 0 Å². The number of allylic oxidation sites excluding steroid dienone is 4. The van der Waals surface area contributed by atoms with Gasteiger partial charge in [-0.2, -0.15) is 0 Å². The van der Waals surface area contributed by atoms with Crippen LogP contribution < -0.4 is 0 Å². The van der Waals surface area contributed by atoms with E-state index in [1.54, 1.807) is 0 Å². The SMILES string of the molecule is C[C]1C(C)=C(C)C(C)=C1C.[C-]#[O+].[C-]#[O+].[C-]#[O+].[Tc]. The van der Waals surface area contributed by atoms with Crippen LogP contribution in [-0.4, -0.2) is 0 Å². The molecule has 0 saturated heterocycles. The molecule has 0 spiro atoms. The molecule has 17 heavy (non-hydrogen) atoms. The van der Waals surface area contributed by atoms with Gasteiger partial charge in [0.25, 0.3) is 0 Å². The van der Waals surface area contributed by atoms with E-state index in [1.165, 1.54) is 28.2 Å². The van der Waals surface area contributed by atoms with Gasteiger partial charge in [0.15, 0.2) is 0 Å². The molecule has 0 aromatic carbocycles. The average molecular weight is 317 g/mol. The van der Waals surface area contributed by atoms with Gasteiger partial charge in [-0.25, -0.2) is 0 Å². The van der Waals surface area contributed by atoms with Gasteiger partial charge in [0.05, 0.1) is 0 Å². The minimum Gasteiger partial charge on any atom is 0 e. The summed E-state index contributed by atoms with van der Waals surface area (Å²) < 4.78 is 22.5. The molecule has 1 aliphatic rings. The third kappa shape index (κ3) is 7.31. The first-order valence-corrected chi connectivity index (χ1v) is 4.36. The summed E-state index contributed by atoms with van der Waals surface area (Å²) in [6.07, 6.45) is 0. The van der Waals surface area contributed by atoms with Crippen LogP contribution in [0.4, 0.5) is 0 Å². The molecule has 0 amide bonds. The summed E-state index contributed by atoms with van der Waals surface area (Å²) in [6, 6.07) is 0. The first-order valence-electron chi connectivity index (χ1n) is 4.36. The Labute approximate surface area is 117 Å². The molecule has 0 aromatic rings. The smallest absolute Gasteiger partial charge is 0 e. The first kappa shape index (κ1) is 25.3. The Balaban J connectivity index is -0.000000106. The molecule has 0 aliphatic heterocycles. The van der Waals surface area contributed by atoms with E-state index in [0.29, 0.717) is 0 Å². The molecule has 0 saturated carbocycles. The second-order valence-corrected chi connectivity index (χ2v) is 3.12. The van der Waals surface area contributed by atoms with Crippen molar-refractivity contribution in [1.82, 2.24) is 0 Å². The molecule has 0 unspecified atom stereocenters. The number of hydrogen-bond acceptors (Lipinski definition) is 0. The summed E-state index contributed by atoms with van der Waals surface area (Å²) in [5.41, 5.74) is 5.87. The molecule has 0 heterocycles. The van der Waals surface area contributed by atoms with Crippen LogP contribution in [0.3, 0.4) is 0 Å². The molecule has 0 bridgehead atoms. The monoisotopic (exact) mass is 316 g/mol. The Morgan fingerprint density at radius 2 is 0.706 bits per heavy atom. The second kappa shape index (κ2) is 15.3. The number of rotatable bonds is 0. The number of hydrogen-bond donors (Lipinski definition) is 0. The molecule has 1 rings (SSSR count). The molecule has 0 fully saturated rings. The van der Waals surface area contributed by atoms with E-state index < -0.39 is 0 Å². The molecular weight excluding hydrogens is 302 g/mol. The fraction of sp³-hybridized carbons (Fsp3) is 0.385. The average Bonchev–Trinajstić information content (AvgIpc) is 2.55. The van der Waals surface area contributed by atoms with Crippen LogP contribution in [0.15, 0.2) is 22.3 Å². The van der Waals surface area contributed by atoms with Crippen molar-refractivity contribution in [3.63, 3.8) is 0 Å². The maximum absolute atomic E-state index is 7.50. The van der Waals surface area contributed by atoms with Crippen molar-refractivity contribution >= 4 is 0 Å². The summed E-state index contributed by atoms with van der Waals surface area (Å²) in [7, 11) is 0. The van der Waals surface area contributed by atoms with Crippen molar-refractivity contribution < 1.29 is 34.1 Å². The van der Waals surface area contributed by atoms with Crippen LogP contribution in [0.2, 0.25) is 0 Å². The van der Waals surface area contributed by atoms with E-state index in [4.69, 9.17) is 14.0 Å². The Bertz CT molecular complexity index is 294. The standard InChI is InChI=1S/C10H15.3CO.Tc/c1-6-7(2)9(4)10(5)8(6)3;3*1-2;/h1-5H3;;;;. The molecular formula is C13H15O3Tc. The van der Waals surface area contributed by atoms with E-state index in [2.05, 4.69) is 54.6 Å². The van der Waals surface area contributed by atoms with Crippen molar-refractivity contribution in [2.45, 2.75) is 34.6 Å². The van der Waals surface area contributed by atoms with Gasteiger partial charge in [-0.05, 0) is 38.8 Å². The van der Waals surface area contributed by atoms with Gasteiger partial charge in [0.2, 0.25) is 0 Å². The topological polar surface area (TPSA) is 59.7 Å². The van der Waals surface area contributed by atoms with Crippen LogP contribution >= 0.6 is 0 Å². The van der Waals surface area contributed by atoms with Gasteiger partial charge in [-0.3, -0.25) is 0 Å². The van der Waals surface area contributed by atoms with Crippen LogP contribution in [0.5, 0.6) is 0 Å². The Morgan fingerprint density at radius 1 is 0.529 bits per heavy atom. The minimum atomic E-state index is 0. The molecule has 2 radical (unpaired) electrons. The van der Waals surface area contributed by atoms with Gasteiger partial charge in [0, 0.05) is 26.0 Å². The third-order valence-corrected chi connectivity index (χ3v) is 2.81. The van der Waals surface area contributed by atoms with E-state index in [-0.39, 0.29) is 20.1 Å². The fourth-order valence-electron chi connectivity index (χ4n) is 1.41. The molecule has 0 atom stereocenters. The molecule has 1 aliphatic carbocycles. The maximum atomic E-state index is 7.50. The second-order valence-electron chi connectivity index (χ2n) is 3.12. The van der Waals surface area contributed by atoms with Crippen molar-refractivity contribution in [3.05, 3.63) is 48.2 Å². The van der Waals surface area contributed by atoms with E-state index in [0.717, 1.165) is 0 Å². The quantitative estimate of drug-likeness (QED) is 0.487. The predicted molar refractivity (Wildman–Crippen MR) is 57.5 cm³/mol. The van der Waals surface area contributed by atoms with Crippen LogP contribution in [0.25, 0.3) is 0 Å². The molecule has 0 aromatic heterocycles. The van der Waals surface area contributed by atoms with Crippen LogP contribution in [0.1, 0.15) is 34.6 Å². The summed E-state index contributed by atoms with van der Waals surface area (Å²) in [5.74, 6) is 1.47. The van der Waals surface area contributed by atoms with Crippen molar-refractivity contribution in [2.24, 2.45) is 0 Å². The Kier molecular flexibility index (Phi) is 22.8. The summed E-state index contributed by atoms with van der Waals surface area (Å²) in [4.78, 5) is 0. The predicted octanol–water partition coefficient (Wildman–Crippen LogP) is 3.15. The largest absolute Gasteiger partial charge is 0 e. The van der Waals surface area contributed by atoms with E-state index in [9.17, 15) is 0 Å². The molecule has 92 valence electrons.